The van der Waals surface area contributed by atoms with Gasteiger partial charge in [0.1, 0.15) is 23.0 Å². The third kappa shape index (κ3) is 7.35. The van der Waals surface area contributed by atoms with Crippen molar-refractivity contribution < 1.29 is 28.3 Å². The molecule has 0 bridgehead atoms. The summed E-state index contributed by atoms with van der Waals surface area (Å²) < 4.78 is 37.4. The summed E-state index contributed by atoms with van der Waals surface area (Å²) in [5.74, 6) is 3.16. The Bertz CT molecular complexity index is 2570. The number of fused-ring (bicyclic) bond motifs is 3. The van der Waals surface area contributed by atoms with Gasteiger partial charge in [0.05, 0.1) is 50.7 Å². The molecule has 1 aliphatic rings. The maximum absolute atomic E-state index is 6.42. The fourth-order valence-electron chi connectivity index (χ4n) is 8.13. The van der Waals surface area contributed by atoms with Crippen molar-refractivity contribution in [3.05, 3.63) is 158 Å². The van der Waals surface area contributed by atoms with Crippen LogP contribution in [0.2, 0.25) is 0 Å². The van der Waals surface area contributed by atoms with Crippen molar-refractivity contribution in [1.29, 1.82) is 0 Å². The summed E-state index contributed by atoms with van der Waals surface area (Å²) in [5, 5.41) is 2.18. The third-order valence-corrected chi connectivity index (χ3v) is 12.2. The van der Waals surface area contributed by atoms with Gasteiger partial charge in [0.25, 0.3) is 0 Å². The molecule has 1 aliphatic heterocycles. The van der Waals surface area contributed by atoms with E-state index in [0.29, 0.717) is 0 Å². The lowest BCUT2D eigenvalue weighted by molar-refractivity contribution is 0.00578. The van der Waals surface area contributed by atoms with Crippen molar-refractivity contribution >= 4 is 68.5 Å². The second-order valence-corrected chi connectivity index (χ2v) is 16.4. The molecule has 1 fully saturated rings. The van der Waals surface area contributed by atoms with Gasteiger partial charge in [-0.2, -0.15) is 0 Å². The molecule has 1 aromatic heterocycles. The molecule has 10 heteroatoms. The summed E-state index contributed by atoms with van der Waals surface area (Å²) in [4.78, 5) is 4.51. The van der Waals surface area contributed by atoms with Gasteiger partial charge in [-0.15, -0.1) is 0 Å². The number of hydrogen-bond acceptors (Lipinski definition) is 8. The molecule has 0 radical (unpaired) electrons. The van der Waals surface area contributed by atoms with Crippen LogP contribution in [0.25, 0.3) is 27.5 Å². The molecule has 7 aromatic carbocycles. The van der Waals surface area contributed by atoms with Crippen molar-refractivity contribution in [2.24, 2.45) is 0 Å². The number of methoxy groups -OCH3 is 4. The highest BCUT2D eigenvalue weighted by Gasteiger charge is 2.51. The molecule has 1 saturated heterocycles. The zero-order chi connectivity index (χ0) is 43.2. The number of aromatic nitrogens is 1. The fourth-order valence-corrected chi connectivity index (χ4v) is 8.13. The van der Waals surface area contributed by atoms with Gasteiger partial charge in [-0.25, -0.2) is 0 Å². The Labute approximate surface area is 363 Å². The van der Waals surface area contributed by atoms with Crippen molar-refractivity contribution in [2.75, 3.05) is 38.2 Å². The van der Waals surface area contributed by atoms with E-state index in [2.05, 4.69) is 151 Å². The average molecular weight is 824 g/mol. The normalized spacial score (nSPS) is 14.2. The van der Waals surface area contributed by atoms with E-state index in [0.717, 1.165) is 90.1 Å². The van der Waals surface area contributed by atoms with E-state index in [1.54, 1.807) is 28.4 Å². The Morgan fingerprint density at radius 1 is 0.403 bits per heavy atom. The predicted molar refractivity (Wildman–Crippen MR) is 252 cm³/mol. The molecule has 9 rings (SSSR count). The smallest absolute Gasteiger partial charge is 0.494 e. The molecule has 0 aliphatic carbocycles. The Balaban J connectivity index is 1.24. The van der Waals surface area contributed by atoms with Crippen molar-refractivity contribution in [3.63, 3.8) is 0 Å². The van der Waals surface area contributed by atoms with E-state index in [9.17, 15) is 0 Å². The molecule has 62 heavy (non-hydrogen) atoms. The van der Waals surface area contributed by atoms with Gasteiger partial charge in [-0.3, -0.25) is 0 Å². The molecular formula is C52H50BN3O6. The minimum atomic E-state index is -0.457. The summed E-state index contributed by atoms with van der Waals surface area (Å²) in [6.45, 7) is 8.32. The molecule has 0 atom stereocenters. The molecule has 0 unspecified atom stereocenters. The van der Waals surface area contributed by atoms with E-state index in [-0.39, 0.29) is 0 Å². The lowest BCUT2D eigenvalue weighted by atomic mass is 9.79. The Hall–Kier alpha value is -6.88. The molecular weight excluding hydrogens is 773 g/mol. The number of nitrogens with zero attached hydrogens (tertiary/aromatic N) is 3. The van der Waals surface area contributed by atoms with Crippen LogP contribution < -0.4 is 34.2 Å². The molecule has 0 saturated carbocycles. The summed E-state index contributed by atoms with van der Waals surface area (Å²) in [5.41, 5.74) is 9.20. The summed E-state index contributed by atoms with van der Waals surface area (Å²) >= 11 is 0. The maximum atomic E-state index is 6.42. The summed E-state index contributed by atoms with van der Waals surface area (Å²) in [7, 11) is 6.28. The van der Waals surface area contributed by atoms with E-state index < -0.39 is 18.3 Å². The summed E-state index contributed by atoms with van der Waals surface area (Å²) in [6.07, 6.45) is 0. The lowest BCUT2D eigenvalue weighted by Gasteiger charge is -2.32. The van der Waals surface area contributed by atoms with Crippen LogP contribution in [0.15, 0.2) is 158 Å². The zero-order valence-electron chi connectivity index (χ0n) is 36.4. The van der Waals surface area contributed by atoms with Crippen LogP contribution >= 0.6 is 0 Å². The second kappa shape index (κ2) is 16.2. The Morgan fingerprint density at radius 3 is 1.02 bits per heavy atom. The molecule has 0 amide bonds. The fraction of sp³-hybridized carbons (Fsp3) is 0.192. The summed E-state index contributed by atoms with van der Waals surface area (Å²) in [6, 6.07) is 54.5. The van der Waals surface area contributed by atoms with Gasteiger partial charge in [-0.05, 0) is 179 Å². The standard InChI is InChI=1S/C52H50BN3O6/c1-51(2)52(3,4)62-53(61-51)35-9-11-40(12-10-35)56-49-31-21-41(54(36-13-23-43(57-5)24-14-36)37-15-25-44(58-6)26-16-37)33-47(49)48-34-42(22-32-50(48)56)55(38-17-27-45(59-7)28-18-38)39-19-29-46(60-8)30-20-39/h9-34H,1-8H3. The predicted octanol–water partition coefficient (Wildman–Crippen LogP) is 12.1. The quantitative estimate of drug-likeness (QED) is 0.113. The number of benzene rings is 7. The third-order valence-electron chi connectivity index (χ3n) is 12.2. The van der Waals surface area contributed by atoms with E-state index in [1.807, 2.05) is 48.5 Å². The second-order valence-electron chi connectivity index (χ2n) is 16.4. The topological polar surface area (TPSA) is 66.8 Å². The van der Waals surface area contributed by atoms with Crippen LogP contribution in [0.3, 0.4) is 0 Å². The highest BCUT2D eigenvalue weighted by Crippen LogP contribution is 2.44. The number of hydrogen-bond donors (Lipinski definition) is 0. The first-order valence-corrected chi connectivity index (χ1v) is 20.7. The molecule has 9 nitrogen and oxygen atoms in total. The van der Waals surface area contributed by atoms with Crippen molar-refractivity contribution in [1.82, 2.24) is 4.57 Å². The van der Waals surface area contributed by atoms with Crippen LogP contribution in [-0.4, -0.2) is 51.3 Å². The molecule has 8 aromatic rings. The molecule has 0 N–H and O–H groups in total. The molecule has 0 spiro atoms. The Morgan fingerprint density at radius 2 is 0.710 bits per heavy atom. The number of ether oxygens (including phenoxy) is 4. The number of rotatable bonds is 12. The maximum Gasteiger partial charge on any atom is 0.494 e. The van der Waals surface area contributed by atoms with Crippen LogP contribution in [-0.2, 0) is 9.31 Å². The largest absolute Gasteiger partial charge is 0.497 e. The molecule has 312 valence electrons. The first-order chi connectivity index (χ1) is 30.0. The first kappa shape index (κ1) is 40.5. The van der Waals surface area contributed by atoms with Gasteiger partial charge < -0.3 is 42.6 Å². The van der Waals surface area contributed by atoms with Gasteiger partial charge >= 0.3 is 7.12 Å². The van der Waals surface area contributed by atoms with Crippen molar-refractivity contribution in [3.8, 4) is 28.7 Å². The average Bonchev–Trinajstić information content (AvgIpc) is 3.74. The van der Waals surface area contributed by atoms with E-state index in [1.165, 1.54) is 0 Å². The highest BCUT2D eigenvalue weighted by atomic mass is 16.7. The minimum absolute atomic E-state index is 0.435. The number of anilines is 6. The van der Waals surface area contributed by atoms with Gasteiger partial charge in [0, 0.05) is 50.6 Å². The SMILES string of the molecule is COc1ccc(N(c2ccc(OC)cc2)c2ccc3c(c2)c2cc(N(c4ccc(OC)cc4)c4ccc(OC)cc4)ccc2n3-c2ccc(B3OC(C)(C)C(C)(C)O3)cc2)cc1. The van der Waals surface area contributed by atoms with Crippen LogP contribution in [0, 0.1) is 0 Å². The molecule has 2 heterocycles. The van der Waals surface area contributed by atoms with E-state index >= 15 is 0 Å². The zero-order valence-corrected chi connectivity index (χ0v) is 36.4. The van der Waals surface area contributed by atoms with Gasteiger partial charge in [-0.1, -0.05) is 12.1 Å². The van der Waals surface area contributed by atoms with Gasteiger partial charge in [0.2, 0.25) is 0 Å². The van der Waals surface area contributed by atoms with E-state index in [4.69, 9.17) is 28.3 Å². The van der Waals surface area contributed by atoms with Crippen LogP contribution in [0.5, 0.6) is 23.0 Å². The first-order valence-electron chi connectivity index (χ1n) is 20.7. The van der Waals surface area contributed by atoms with Gasteiger partial charge in [0.15, 0.2) is 0 Å². The van der Waals surface area contributed by atoms with Crippen LogP contribution in [0.4, 0.5) is 34.1 Å². The van der Waals surface area contributed by atoms with Crippen molar-refractivity contribution in [2.45, 2.75) is 38.9 Å². The highest BCUT2D eigenvalue weighted by molar-refractivity contribution is 6.62. The lowest BCUT2D eigenvalue weighted by Crippen LogP contribution is -2.41. The van der Waals surface area contributed by atoms with Crippen LogP contribution in [0.1, 0.15) is 27.7 Å². The minimum Gasteiger partial charge on any atom is -0.497 e. The monoisotopic (exact) mass is 823 g/mol. The Kier molecular flexibility index (Phi) is 10.6.